The lowest BCUT2D eigenvalue weighted by molar-refractivity contribution is -0.246. The third kappa shape index (κ3) is 7.42. The smallest absolute Gasteiger partial charge is 0.303 e. The molecule has 0 spiro atoms. The van der Waals surface area contributed by atoms with Gasteiger partial charge >= 0.3 is 23.9 Å². The Hall–Kier alpha value is -5.17. The van der Waals surface area contributed by atoms with Crippen LogP contribution in [0.15, 0.2) is 65.9 Å². The summed E-state index contributed by atoms with van der Waals surface area (Å²) >= 11 is 0. The van der Waals surface area contributed by atoms with Gasteiger partial charge in [-0.1, -0.05) is 30.3 Å². The maximum absolute atomic E-state index is 13.4. The number of ether oxygens (including phenoxy) is 5. The largest absolute Gasteiger partial charge is 0.463 e. The van der Waals surface area contributed by atoms with E-state index in [1.165, 1.54) is 0 Å². The highest BCUT2D eigenvalue weighted by Crippen LogP contribution is 2.34. The number of ketones is 2. The van der Waals surface area contributed by atoms with Crippen molar-refractivity contribution in [2.24, 2.45) is 0 Å². The predicted molar refractivity (Wildman–Crippen MR) is 150 cm³/mol. The first-order valence-electron chi connectivity index (χ1n) is 13.5. The third-order valence-corrected chi connectivity index (χ3v) is 6.67. The fourth-order valence-corrected chi connectivity index (χ4v) is 4.90. The molecule has 0 bridgehead atoms. The number of allylic oxidation sites excluding steroid dienone is 2. The van der Waals surface area contributed by atoms with Crippen molar-refractivity contribution in [3.63, 3.8) is 0 Å². The highest BCUT2D eigenvalue weighted by molar-refractivity contribution is 6.21. The number of carbonyl (C=O) groups excluding carboxylic acids is 7. The number of benzene rings is 2. The number of fused-ring (bicyclic) bond motifs is 1. The molecule has 2 aromatic carbocycles. The summed E-state index contributed by atoms with van der Waals surface area (Å²) in [4.78, 5) is 87.2. The molecule has 2 aromatic rings. The van der Waals surface area contributed by atoms with Crippen molar-refractivity contribution in [2.45, 2.75) is 58.2 Å². The zero-order chi connectivity index (χ0) is 32.1. The van der Waals surface area contributed by atoms with Crippen LogP contribution in [0.2, 0.25) is 0 Å². The minimum atomic E-state index is -1.57. The van der Waals surface area contributed by atoms with E-state index in [4.69, 9.17) is 23.7 Å². The van der Waals surface area contributed by atoms with Crippen molar-refractivity contribution in [1.29, 1.82) is 0 Å². The number of carbonyl (C=O) groups is 7. The van der Waals surface area contributed by atoms with Crippen LogP contribution in [0.5, 0.6) is 0 Å². The van der Waals surface area contributed by atoms with Crippen LogP contribution in [-0.2, 0) is 52.5 Å². The number of amides is 1. The summed E-state index contributed by atoms with van der Waals surface area (Å²) < 4.78 is 27.1. The Bertz CT molecular complexity index is 1610. The zero-order valence-corrected chi connectivity index (χ0v) is 24.2. The first-order chi connectivity index (χ1) is 20.8. The summed E-state index contributed by atoms with van der Waals surface area (Å²) in [7, 11) is 0. The van der Waals surface area contributed by atoms with Gasteiger partial charge in [0, 0.05) is 44.9 Å². The van der Waals surface area contributed by atoms with Crippen molar-refractivity contribution < 1.29 is 57.2 Å². The Morgan fingerprint density at radius 2 is 1.34 bits per heavy atom. The topological polar surface area (TPSA) is 178 Å². The van der Waals surface area contributed by atoms with Gasteiger partial charge in [0.05, 0.1) is 5.70 Å². The Morgan fingerprint density at radius 3 is 1.98 bits per heavy atom. The molecular weight excluding hydrogens is 578 g/mol. The third-order valence-electron chi connectivity index (χ3n) is 6.67. The van der Waals surface area contributed by atoms with Crippen molar-refractivity contribution in [3.05, 3.63) is 71.5 Å². The van der Waals surface area contributed by atoms with E-state index in [0.717, 1.165) is 50.6 Å². The molecule has 13 heteroatoms. The van der Waals surface area contributed by atoms with Crippen LogP contribution < -0.4 is 5.32 Å². The first-order valence-corrected chi connectivity index (χ1v) is 13.5. The second-order valence-electron chi connectivity index (χ2n) is 10.0. The SMILES string of the molecule is CC(=O)OC[C@H]1O[C@@H](C2=CC(=O)C(NC(=O)c3ccc4ccccc4c3)=CC2=O)[C@H](OC(C)=O)[C@@H](OC(C)=O)[C@@H]1OC(C)=O. The highest BCUT2D eigenvalue weighted by Gasteiger charge is 2.54. The molecule has 1 aliphatic heterocycles. The average Bonchev–Trinajstić information content (AvgIpc) is 2.95. The van der Waals surface area contributed by atoms with Crippen molar-refractivity contribution in [2.75, 3.05) is 6.61 Å². The molecule has 0 radical (unpaired) electrons. The van der Waals surface area contributed by atoms with Gasteiger partial charge in [-0.2, -0.15) is 0 Å². The van der Waals surface area contributed by atoms with E-state index >= 15 is 0 Å². The van der Waals surface area contributed by atoms with Gasteiger partial charge in [-0.15, -0.1) is 0 Å². The van der Waals surface area contributed by atoms with Crippen LogP contribution in [0, 0.1) is 0 Å². The standard InChI is InChI=1S/C31H29NO12/c1-15(33)40-14-26-28(41-16(2)34)30(43-18(4)36)29(42-17(3)35)27(44-26)22-12-25(38)23(13-24(22)37)32-31(39)21-10-9-19-7-5-6-8-20(19)11-21/h5-13,26-30H,14H2,1-4H3,(H,32,39)/t26-,27+,28-,29+,30+/m1/s1. The summed E-state index contributed by atoms with van der Waals surface area (Å²) in [6, 6.07) is 12.3. The molecule has 1 amide bonds. The summed E-state index contributed by atoms with van der Waals surface area (Å²) in [6.45, 7) is 3.80. The predicted octanol–water partition coefficient (Wildman–Crippen LogP) is 1.66. The van der Waals surface area contributed by atoms with Gasteiger partial charge in [-0.25, -0.2) is 0 Å². The molecule has 230 valence electrons. The molecule has 1 heterocycles. The second kappa shape index (κ2) is 13.4. The number of esters is 4. The summed E-state index contributed by atoms with van der Waals surface area (Å²) in [6.07, 6.45) is -5.59. The molecule has 1 N–H and O–H groups in total. The average molecular weight is 608 g/mol. The van der Waals surface area contributed by atoms with Gasteiger partial charge in [-0.3, -0.25) is 33.6 Å². The molecule has 1 fully saturated rings. The summed E-state index contributed by atoms with van der Waals surface area (Å²) in [5.74, 6) is -5.45. The van der Waals surface area contributed by atoms with E-state index in [2.05, 4.69) is 5.32 Å². The van der Waals surface area contributed by atoms with Crippen LogP contribution in [0.3, 0.4) is 0 Å². The minimum Gasteiger partial charge on any atom is -0.463 e. The Morgan fingerprint density at radius 1 is 0.727 bits per heavy atom. The molecule has 0 saturated carbocycles. The van der Waals surface area contributed by atoms with Crippen LogP contribution in [0.4, 0.5) is 0 Å². The molecular formula is C31H29NO12. The van der Waals surface area contributed by atoms with Crippen molar-refractivity contribution in [1.82, 2.24) is 5.32 Å². The van der Waals surface area contributed by atoms with E-state index in [9.17, 15) is 33.6 Å². The fourth-order valence-electron chi connectivity index (χ4n) is 4.90. The van der Waals surface area contributed by atoms with Gasteiger partial charge < -0.3 is 29.0 Å². The Kier molecular flexibility index (Phi) is 9.69. The lowest BCUT2D eigenvalue weighted by Crippen LogP contribution is -2.63. The number of nitrogens with one attached hydrogen (secondary N) is 1. The van der Waals surface area contributed by atoms with Gasteiger partial charge in [0.1, 0.15) is 18.8 Å². The quantitative estimate of drug-likeness (QED) is 0.261. The molecule has 1 saturated heterocycles. The van der Waals surface area contributed by atoms with Crippen LogP contribution >= 0.6 is 0 Å². The summed E-state index contributed by atoms with van der Waals surface area (Å²) in [5.41, 5.74) is -0.377. The van der Waals surface area contributed by atoms with Crippen molar-refractivity contribution in [3.8, 4) is 0 Å². The normalized spacial score (nSPS) is 23.1. The van der Waals surface area contributed by atoms with Gasteiger partial charge in [0.15, 0.2) is 24.1 Å². The highest BCUT2D eigenvalue weighted by atomic mass is 16.7. The second-order valence-corrected chi connectivity index (χ2v) is 10.0. The molecule has 44 heavy (non-hydrogen) atoms. The van der Waals surface area contributed by atoms with E-state index in [-0.39, 0.29) is 16.8 Å². The van der Waals surface area contributed by atoms with Gasteiger partial charge in [-0.05, 0) is 29.0 Å². The van der Waals surface area contributed by atoms with E-state index in [1.54, 1.807) is 18.2 Å². The number of hydrogen-bond donors (Lipinski definition) is 1. The molecule has 1 aliphatic carbocycles. The first kappa shape index (κ1) is 31.8. The summed E-state index contributed by atoms with van der Waals surface area (Å²) in [5, 5.41) is 4.15. The Labute approximate surface area is 251 Å². The number of hydrogen-bond acceptors (Lipinski definition) is 12. The maximum atomic E-state index is 13.4. The zero-order valence-electron chi connectivity index (χ0n) is 24.2. The molecule has 2 aliphatic rings. The monoisotopic (exact) mass is 607 g/mol. The lowest BCUT2D eigenvalue weighted by Gasteiger charge is -2.45. The van der Waals surface area contributed by atoms with Crippen LogP contribution in [-0.4, -0.2) is 78.5 Å². The van der Waals surface area contributed by atoms with Gasteiger partial charge in [0.25, 0.3) is 5.91 Å². The van der Waals surface area contributed by atoms with Gasteiger partial charge in [0.2, 0.25) is 5.78 Å². The minimum absolute atomic E-state index is 0.249. The molecule has 4 rings (SSSR count). The van der Waals surface area contributed by atoms with E-state index in [0.29, 0.717) is 0 Å². The molecule has 5 atom stereocenters. The van der Waals surface area contributed by atoms with E-state index in [1.807, 2.05) is 24.3 Å². The van der Waals surface area contributed by atoms with Crippen LogP contribution in [0.25, 0.3) is 10.8 Å². The molecule has 0 unspecified atom stereocenters. The lowest BCUT2D eigenvalue weighted by atomic mass is 9.86. The molecule has 13 nitrogen and oxygen atoms in total. The van der Waals surface area contributed by atoms with Crippen molar-refractivity contribution >= 4 is 52.1 Å². The Balaban J connectivity index is 1.65. The van der Waals surface area contributed by atoms with Crippen LogP contribution in [0.1, 0.15) is 38.1 Å². The maximum Gasteiger partial charge on any atom is 0.303 e. The molecule has 0 aromatic heterocycles. The fraction of sp³-hybridized carbons (Fsp3) is 0.323. The number of rotatable bonds is 8. The van der Waals surface area contributed by atoms with E-state index < -0.39 is 78.5 Å².